The van der Waals surface area contributed by atoms with Crippen molar-refractivity contribution in [2.24, 2.45) is 0 Å². The standard InChI is InChI=1S/C10H18ClN5OS/c1-10(17,6-18-4)5-12-8-13-7(11)14-9(15-8)16(2)3/h17H,5-6H2,1-4H3,(H,12,13,14,15). The molecule has 0 radical (unpaired) electrons. The van der Waals surface area contributed by atoms with E-state index in [4.69, 9.17) is 11.6 Å². The third-order valence-corrected chi connectivity index (χ3v) is 3.16. The van der Waals surface area contributed by atoms with E-state index in [2.05, 4.69) is 20.3 Å². The van der Waals surface area contributed by atoms with Crippen LogP contribution in [0.1, 0.15) is 6.92 Å². The molecule has 6 nitrogen and oxygen atoms in total. The molecule has 0 spiro atoms. The second-order valence-corrected chi connectivity index (χ2v) is 5.61. The quantitative estimate of drug-likeness (QED) is 0.813. The molecule has 1 unspecified atom stereocenters. The normalized spacial score (nSPS) is 14.1. The van der Waals surface area contributed by atoms with Crippen molar-refractivity contribution in [2.75, 3.05) is 42.9 Å². The van der Waals surface area contributed by atoms with Crippen LogP contribution in [-0.4, -0.2) is 58.3 Å². The summed E-state index contributed by atoms with van der Waals surface area (Å²) < 4.78 is 0. The van der Waals surface area contributed by atoms with E-state index in [0.717, 1.165) is 0 Å². The molecule has 2 N–H and O–H groups in total. The van der Waals surface area contributed by atoms with Gasteiger partial charge in [0.2, 0.25) is 17.2 Å². The SMILES string of the molecule is CSCC(C)(O)CNc1nc(Cl)nc(N(C)C)n1. The van der Waals surface area contributed by atoms with E-state index in [1.54, 1.807) is 23.6 Å². The van der Waals surface area contributed by atoms with Crippen LogP contribution < -0.4 is 10.2 Å². The molecule has 0 amide bonds. The second-order valence-electron chi connectivity index (χ2n) is 4.41. The van der Waals surface area contributed by atoms with E-state index >= 15 is 0 Å². The number of thioether (sulfide) groups is 1. The minimum absolute atomic E-state index is 0.126. The number of hydrogen-bond donors (Lipinski definition) is 2. The molecule has 0 aliphatic rings. The first-order valence-corrected chi connectivity index (χ1v) is 7.15. The molecule has 0 bridgehead atoms. The van der Waals surface area contributed by atoms with Crippen molar-refractivity contribution in [2.45, 2.75) is 12.5 Å². The number of anilines is 2. The van der Waals surface area contributed by atoms with Gasteiger partial charge in [-0.25, -0.2) is 0 Å². The lowest BCUT2D eigenvalue weighted by Gasteiger charge is -2.22. The van der Waals surface area contributed by atoms with Crippen molar-refractivity contribution < 1.29 is 5.11 Å². The molecule has 1 heterocycles. The van der Waals surface area contributed by atoms with Crippen LogP contribution in [0.2, 0.25) is 5.28 Å². The first-order chi connectivity index (χ1) is 8.34. The van der Waals surface area contributed by atoms with Gasteiger partial charge in [-0.3, -0.25) is 0 Å². The maximum Gasteiger partial charge on any atom is 0.230 e. The molecule has 0 saturated carbocycles. The fourth-order valence-electron chi connectivity index (χ4n) is 1.25. The van der Waals surface area contributed by atoms with E-state index in [9.17, 15) is 5.11 Å². The van der Waals surface area contributed by atoms with Crippen molar-refractivity contribution in [3.63, 3.8) is 0 Å². The van der Waals surface area contributed by atoms with Gasteiger partial charge in [-0.05, 0) is 24.8 Å². The molecule has 1 rings (SSSR count). The van der Waals surface area contributed by atoms with Crippen LogP contribution in [0.5, 0.6) is 0 Å². The Morgan fingerprint density at radius 2 is 2.06 bits per heavy atom. The Kier molecular flexibility index (Phi) is 5.43. The lowest BCUT2D eigenvalue weighted by Crippen LogP contribution is -2.36. The van der Waals surface area contributed by atoms with E-state index in [0.29, 0.717) is 24.2 Å². The Hall–Kier alpha value is -0.790. The average molecular weight is 292 g/mol. The highest BCUT2D eigenvalue weighted by Gasteiger charge is 2.20. The Balaban J connectivity index is 2.73. The summed E-state index contributed by atoms with van der Waals surface area (Å²) in [6.45, 7) is 2.10. The van der Waals surface area contributed by atoms with E-state index in [-0.39, 0.29) is 5.28 Å². The number of aromatic nitrogens is 3. The van der Waals surface area contributed by atoms with Crippen molar-refractivity contribution in [1.29, 1.82) is 0 Å². The lowest BCUT2D eigenvalue weighted by atomic mass is 10.1. The molecule has 0 aliphatic heterocycles. The predicted molar refractivity (Wildman–Crippen MR) is 76.7 cm³/mol. The molecular formula is C10H18ClN5OS. The van der Waals surface area contributed by atoms with Crippen LogP contribution in [-0.2, 0) is 0 Å². The van der Waals surface area contributed by atoms with Gasteiger partial charge < -0.3 is 15.3 Å². The summed E-state index contributed by atoms with van der Waals surface area (Å²) in [5.41, 5.74) is -0.823. The van der Waals surface area contributed by atoms with Gasteiger partial charge in [0.15, 0.2) is 0 Å². The monoisotopic (exact) mass is 291 g/mol. The highest BCUT2D eigenvalue weighted by molar-refractivity contribution is 7.98. The van der Waals surface area contributed by atoms with Crippen LogP contribution in [0.3, 0.4) is 0 Å². The third-order valence-electron chi connectivity index (χ3n) is 2.08. The minimum atomic E-state index is -0.823. The fourth-order valence-corrected chi connectivity index (χ4v) is 2.13. The van der Waals surface area contributed by atoms with Crippen molar-refractivity contribution >= 4 is 35.3 Å². The molecule has 1 atom stereocenters. The van der Waals surface area contributed by atoms with Gasteiger partial charge in [0.25, 0.3) is 0 Å². The molecule has 0 saturated heterocycles. The molecule has 102 valence electrons. The maximum atomic E-state index is 10.0. The van der Waals surface area contributed by atoms with Crippen molar-refractivity contribution in [3.8, 4) is 0 Å². The van der Waals surface area contributed by atoms with Crippen LogP contribution in [0.4, 0.5) is 11.9 Å². The van der Waals surface area contributed by atoms with Gasteiger partial charge in [0, 0.05) is 26.4 Å². The van der Waals surface area contributed by atoms with Crippen LogP contribution in [0.15, 0.2) is 0 Å². The lowest BCUT2D eigenvalue weighted by molar-refractivity contribution is 0.0995. The van der Waals surface area contributed by atoms with Crippen molar-refractivity contribution in [3.05, 3.63) is 5.28 Å². The average Bonchev–Trinajstić information content (AvgIpc) is 2.26. The molecule has 0 fully saturated rings. The first-order valence-electron chi connectivity index (χ1n) is 5.38. The number of nitrogens with zero attached hydrogens (tertiary/aromatic N) is 4. The van der Waals surface area contributed by atoms with E-state index in [1.807, 2.05) is 20.4 Å². The van der Waals surface area contributed by atoms with E-state index in [1.165, 1.54) is 0 Å². The van der Waals surface area contributed by atoms with Gasteiger partial charge in [0.1, 0.15) is 0 Å². The summed E-state index contributed by atoms with van der Waals surface area (Å²) in [5, 5.41) is 13.1. The van der Waals surface area contributed by atoms with E-state index < -0.39 is 5.60 Å². The van der Waals surface area contributed by atoms with Gasteiger partial charge in [-0.15, -0.1) is 0 Å². The second kappa shape index (κ2) is 6.40. The Morgan fingerprint density at radius 3 is 2.61 bits per heavy atom. The number of hydrogen-bond acceptors (Lipinski definition) is 7. The fraction of sp³-hybridized carbons (Fsp3) is 0.700. The molecule has 1 aromatic heterocycles. The van der Waals surface area contributed by atoms with Crippen LogP contribution in [0, 0.1) is 0 Å². The summed E-state index contributed by atoms with van der Waals surface area (Å²) in [4.78, 5) is 13.9. The smallest absolute Gasteiger partial charge is 0.230 e. The highest BCUT2D eigenvalue weighted by Crippen LogP contribution is 2.14. The predicted octanol–water partition coefficient (Wildman–Crippen LogP) is 1.12. The number of rotatable bonds is 6. The van der Waals surface area contributed by atoms with Gasteiger partial charge in [-0.1, -0.05) is 0 Å². The minimum Gasteiger partial charge on any atom is -0.387 e. The Morgan fingerprint density at radius 1 is 1.39 bits per heavy atom. The molecule has 1 aromatic rings. The largest absolute Gasteiger partial charge is 0.387 e. The van der Waals surface area contributed by atoms with Gasteiger partial charge in [0.05, 0.1) is 5.60 Å². The number of aliphatic hydroxyl groups is 1. The summed E-state index contributed by atoms with van der Waals surface area (Å²) in [5.74, 6) is 1.46. The third kappa shape index (κ3) is 4.83. The zero-order chi connectivity index (χ0) is 13.8. The highest BCUT2D eigenvalue weighted by atomic mass is 35.5. The molecule has 18 heavy (non-hydrogen) atoms. The Labute approximate surface area is 116 Å². The number of nitrogens with one attached hydrogen (secondary N) is 1. The zero-order valence-electron chi connectivity index (χ0n) is 10.9. The molecule has 0 aromatic carbocycles. The Bertz CT molecular complexity index is 402. The van der Waals surface area contributed by atoms with Crippen LogP contribution in [0.25, 0.3) is 0 Å². The summed E-state index contributed by atoms with van der Waals surface area (Å²) >= 11 is 7.39. The van der Waals surface area contributed by atoms with Gasteiger partial charge >= 0.3 is 0 Å². The summed E-state index contributed by atoms with van der Waals surface area (Å²) in [6, 6.07) is 0. The maximum absolute atomic E-state index is 10.0. The van der Waals surface area contributed by atoms with Crippen LogP contribution >= 0.6 is 23.4 Å². The molecular weight excluding hydrogens is 274 g/mol. The van der Waals surface area contributed by atoms with Crippen molar-refractivity contribution in [1.82, 2.24) is 15.0 Å². The zero-order valence-corrected chi connectivity index (χ0v) is 12.5. The summed E-state index contributed by atoms with van der Waals surface area (Å²) in [6.07, 6.45) is 1.94. The topological polar surface area (TPSA) is 74.2 Å². The molecule has 8 heteroatoms. The number of halogens is 1. The summed E-state index contributed by atoms with van der Waals surface area (Å²) in [7, 11) is 3.64. The molecule has 0 aliphatic carbocycles. The van der Waals surface area contributed by atoms with Gasteiger partial charge in [-0.2, -0.15) is 26.7 Å². The first kappa shape index (κ1) is 15.3.